The van der Waals surface area contributed by atoms with Gasteiger partial charge >= 0.3 is 12.1 Å². The van der Waals surface area contributed by atoms with E-state index in [2.05, 4.69) is 10.6 Å². The van der Waals surface area contributed by atoms with Gasteiger partial charge in [0.2, 0.25) is 11.4 Å². The second kappa shape index (κ2) is 5.13. The van der Waals surface area contributed by atoms with Crippen molar-refractivity contribution in [1.82, 2.24) is 10.6 Å². The molecule has 0 aromatic rings. The van der Waals surface area contributed by atoms with Crippen LogP contribution in [0.4, 0.5) is 13.2 Å². The fourth-order valence-electron chi connectivity index (χ4n) is 1.77. The Kier molecular flexibility index (Phi) is 4.20. The van der Waals surface area contributed by atoms with E-state index in [1.54, 1.807) is 0 Å². The van der Waals surface area contributed by atoms with Crippen LogP contribution < -0.4 is 10.6 Å². The molecule has 0 aromatic heterocycles. The van der Waals surface area contributed by atoms with Crippen molar-refractivity contribution < 1.29 is 27.9 Å². The van der Waals surface area contributed by atoms with Crippen LogP contribution in [0.3, 0.4) is 0 Å². The predicted molar refractivity (Wildman–Crippen MR) is 55.9 cm³/mol. The molecule has 0 spiro atoms. The predicted octanol–water partition coefficient (Wildman–Crippen LogP) is 0.650. The number of carbonyl (C=O) groups is 2. The molecule has 1 rings (SSSR count). The molecule has 0 aliphatic carbocycles. The summed E-state index contributed by atoms with van der Waals surface area (Å²) in [7, 11) is 0. The van der Waals surface area contributed by atoms with Crippen LogP contribution in [0.25, 0.3) is 0 Å². The van der Waals surface area contributed by atoms with Gasteiger partial charge in [-0.25, -0.2) is 4.79 Å². The molecule has 8 heteroatoms. The molecule has 1 heterocycles. The molecule has 1 aliphatic heterocycles. The fourth-order valence-corrected chi connectivity index (χ4v) is 1.77. The van der Waals surface area contributed by atoms with Crippen molar-refractivity contribution in [1.29, 1.82) is 0 Å². The minimum atomic E-state index is -4.93. The summed E-state index contributed by atoms with van der Waals surface area (Å²) in [5, 5.41) is 13.3. The van der Waals surface area contributed by atoms with Crippen molar-refractivity contribution in [2.45, 2.75) is 43.9 Å². The summed E-state index contributed by atoms with van der Waals surface area (Å²) in [6.45, 7) is 0.963. The Bertz CT molecular complexity index is 346. The van der Waals surface area contributed by atoms with Gasteiger partial charge < -0.3 is 10.4 Å². The highest BCUT2D eigenvalue weighted by molar-refractivity contribution is 5.80. The lowest BCUT2D eigenvalue weighted by molar-refractivity contribution is -0.208. The van der Waals surface area contributed by atoms with E-state index in [-0.39, 0.29) is 12.3 Å². The largest absolute Gasteiger partial charge is 0.480 e. The van der Waals surface area contributed by atoms with Gasteiger partial charge in [-0.2, -0.15) is 13.2 Å². The first-order chi connectivity index (χ1) is 8.17. The van der Waals surface area contributed by atoms with Crippen LogP contribution in [0.2, 0.25) is 0 Å². The zero-order chi connectivity index (χ0) is 14.0. The molecule has 18 heavy (non-hydrogen) atoms. The second-order valence-electron chi connectivity index (χ2n) is 4.47. The van der Waals surface area contributed by atoms with Gasteiger partial charge in [-0.1, -0.05) is 0 Å². The summed E-state index contributed by atoms with van der Waals surface area (Å²) >= 11 is 0. The summed E-state index contributed by atoms with van der Waals surface area (Å²) in [6, 6.07) is -0.796. The second-order valence-corrected chi connectivity index (χ2v) is 4.47. The first-order valence-electron chi connectivity index (χ1n) is 5.51. The van der Waals surface area contributed by atoms with Crippen molar-refractivity contribution in [3.8, 4) is 0 Å². The number of hydrogen-bond acceptors (Lipinski definition) is 3. The third kappa shape index (κ3) is 3.12. The van der Waals surface area contributed by atoms with Crippen LogP contribution in [0.1, 0.15) is 26.2 Å². The van der Waals surface area contributed by atoms with E-state index in [1.165, 1.54) is 0 Å². The highest BCUT2D eigenvalue weighted by Crippen LogP contribution is 2.31. The molecule has 0 aromatic carbocycles. The molecule has 1 aliphatic rings. The monoisotopic (exact) mass is 268 g/mol. The zero-order valence-corrected chi connectivity index (χ0v) is 9.80. The highest BCUT2D eigenvalue weighted by atomic mass is 19.4. The van der Waals surface area contributed by atoms with Crippen molar-refractivity contribution in [2.24, 2.45) is 0 Å². The summed E-state index contributed by atoms with van der Waals surface area (Å²) in [6.07, 6.45) is -4.25. The lowest BCUT2D eigenvalue weighted by atomic mass is 9.98. The van der Waals surface area contributed by atoms with Crippen molar-refractivity contribution in [2.75, 3.05) is 6.54 Å². The third-order valence-corrected chi connectivity index (χ3v) is 2.97. The van der Waals surface area contributed by atoms with Crippen LogP contribution in [-0.4, -0.2) is 41.3 Å². The van der Waals surface area contributed by atoms with E-state index in [0.717, 1.165) is 0 Å². The standard InChI is InChI=1S/C10H15F3N2O3/c1-9(8(17)18,10(11,12)13)15-6-3-2-4-14-7(16)5-6/h6,15H,2-5H2,1H3,(H,14,16)(H,17,18). The molecule has 0 saturated carbocycles. The molecule has 2 unspecified atom stereocenters. The molecule has 1 saturated heterocycles. The van der Waals surface area contributed by atoms with Gasteiger partial charge in [0.1, 0.15) is 0 Å². The number of carboxylic acid groups (broad SMARTS) is 1. The number of hydrogen-bond donors (Lipinski definition) is 3. The van der Waals surface area contributed by atoms with Crippen LogP contribution >= 0.6 is 0 Å². The van der Waals surface area contributed by atoms with E-state index in [1.807, 2.05) is 0 Å². The summed E-state index contributed by atoms with van der Waals surface area (Å²) in [4.78, 5) is 22.0. The summed E-state index contributed by atoms with van der Waals surface area (Å²) < 4.78 is 38.3. The zero-order valence-electron chi connectivity index (χ0n) is 9.80. The van der Waals surface area contributed by atoms with Gasteiger partial charge in [0.05, 0.1) is 0 Å². The Balaban J connectivity index is 2.84. The molecule has 0 bridgehead atoms. The number of carboxylic acids is 1. The van der Waals surface area contributed by atoms with Gasteiger partial charge in [0.15, 0.2) is 0 Å². The molecule has 2 atom stereocenters. The molecule has 0 radical (unpaired) electrons. The highest BCUT2D eigenvalue weighted by Gasteiger charge is 2.58. The van der Waals surface area contributed by atoms with E-state index >= 15 is 0 Å². The maximum atomic E-state index is 12.8. The molecule has 104 valence electrons. The summed E-state index contributed by atoms with van der Waals surface area (Å²) in [5.74, 6) is -2.38. The van der Waals surface area contributed by atoms with Gasteiger partial charge in [-0.15, -0.1) is 0 Å². The quantitative estimate of drug-likeness (QED) is 0.702. The van der Waals surface area contributed by atoms with Crippen LogP contribution in [0.15, 0.2) is 0 Å². The Morgan fingerprint density at radius 2 is 2.11 bits per heavy atom. The molecule has 1 fully saturated rings. The number of amides is 1. The van der Waals surface area contributed by atoms with Gasteiger partial charge in [0, 0.05) is 19.0 Å². The third-order valence-electron chi connectivity index (χ3n) is 2.97. The number of rotatable bonds is 3. The SMILES string of the molecule is CC(NC1CCCNC(=O)C1)(C(=O)O)C(F)(F)F. The van der Waals surface area contributed by atoms with Crippen molar-refractivity contribution in [3.63, 3.8) is 0 Å². The molecular formula is C10H15F3N2O3. The van der Waals surface area contributed by atoms with Crippen LogP contribution in [0, 0.1) is 0 Å². The lowest BCUT2D eigenvalue weighted by Crippen LogP contribution is -2.63. The molecular weight excluding hydrogens is 253 g/mol. The van der Waals surface area contributed by atoms with Gasteiger partial charge in [-0.3, -0.25) is 10.1 Å². The minimum absolute atomic E-state index is 0.154. The maximum Gasteiger partial charge on any atom is 0.417 e. The normalized spacial score (nSPS) is 24.9. The average molecular weight is 268 g/mol. The molecule has 1 amide bonds. The average Bonchev–Trinajstić information content (AvgIpc) is 2.40. The number of nitrogens with one attached hydrogen (secondary N) is 2. The Morgan fingerprint density at radius 3 is 2.61 bits per heavy atom. The first kappa shape index (κ1) is 14.7. The smallest absolute Gasteiger partial charge is 0.417 e. The summed E-state index contributed by atoms with van der Waals surface area (Å²) in [5.41, 5.74) is -3.04. The fraction of sp³-hybridized carbons (Fsp3) is 0.800. The lowest BCUT2D eigenvalue weighted by Gasteiger charge is -2.32. The topological polar surface area (TPSA) is 78.4 Å². The maximum absolute atomic E-state index is 12.8. The van der Waals surface area contributed by atoms with E-state index in [9.17, 15) is 22.8 Å². The first-order valence-corrected chi connectivity index (χ1v) is 5.51. The Hall–Kier alpha value is -1.31. The molecule has 3 N–H and O–H groups in total. The van der Waals surface area contributed by atoms with Crippen LogP contribution in [0.5, 0.6) is 0 Å². The van der Waals surface area contributed by atoms with E-state index in [4.69, 9.17) is 5.11 Å². The number of alkyl halides is 3. The van der Waals surface area contributed by atoms with E-state index < -0.39 is 23.7 Å². The van der Waals surface area contributed by atoms with E-state index in [0.29, 0.717) is 26.3 Å². The van der Waals surface area contributed by atoms with Crippen molar-refractivity contribution >= 4 is 11.9 Å². The number of aliphatic carboxylic acids is 1. The van der Waals surface area contributed by atoms with Crippen molar-refractivity contribution in [3.05, 3.63) is 0 Å². The number of halogens is 3. The van der Waals surface area contributed by atoms with Gasteiger partial charge in [0.25, 0.3) is 0 Å². The number of carbonyl (C=O) groups excluding carboxylic acids is 1. The minimum Gasteiger partial charge on any atom is -0.480 e. The Morgan fingerprint density at radius 1 is 1.50 bits per heavy atom. The van der Waals surface area contributed by atoms with Gasteiger partial charge in [-0.05, 0) is 19.8 Å². The molecule has 5 nitrogen and oxygen atoms in total. The Labute approximate surface area is 102 Å². The van der Waals surface area contributed by atoms with Crippen LogP contribution in [-0.2, 0) is 9.59 Å².